The van der Waals surface area contributed by atoms with Crippen molar-refractivity contribution in [1.29, 1.82) is 5.26 Å². The molecule has 0 saturated carbocycles. The summed E-state index contributed by atoms with van der Waals surface area (Å²) in [5.41, 5.74) is 1.58. The van der Waals surface area contributed by atoms with Gasteiger partial charge in [0.15, 0.2) is 0 Å². The van der Waals surface area contributed by atoms with Gasteiger partial charge < -0.3 is 9.88 Å². The van der Waals surface area contributed by atoms with Gasteiger partial charge in [-0.2, -0.15) is 5.26 Å². The molecule has 0 fully saturated rings. The lowest BCUT2D eigenvalue weighted by atomic mass is 10.3. The van der Waals surface area contributed by atoms with Gasteiger partial charge >= 0.3 is 0 Å². The summed E-state index contributed by atoms with van der Waals surface area (Å²) in [5, 5.41) is 11.9. The van der Waals surface area contributed by atoms with Crippen molar-refractivity contribution >= 4 is 5.82 Å². The Morgan fingerprint density at radius 1 is 1.38 bits per heavy atom. The van der Waals surface area contributed by atoms with E-state index in [1.165, 1.54) is 0 Å². The molecule has 0 spiro atoms. The Balaban J connectivity index is 2.24. The quantitative estimate of drug-likeness (QED) is 0.844. The van der Waals surface area contributed by atoms with Crippen LogP contribution in [-0.2, 0) is 6.54 Å². The summed E-state index contributed by atoms with van der Waals surface area (Å²) in [6, 6.07) is 11.6. The van der Waals surface area contributed by atoms with Gasteiger partial charge in [0, 0.05) is 13.2 Å². The largest absolute Gasteiger partial charge is 0.373 e. The first kappa shape index (κ1) is 10.2. The molecule has 0 bridgehead atoms. The number of nitriles is 1. The smallest absolute Gasteiger partial charge is 0.126 e. The van der Waals surface area contributed by atoms with E-state index < -0.39 is 0 Å². The molecule has 4 heteroatoms. The van der Waals surface area contributed by atoms with Crippen LogP contribution in [0, 0.1) is 11.3 Å². The molecule has 2 rings (SSSR count). The van der Waals surface area contributed by atoms with Gasteiger partial charge in [-0.1, -0.05) is 6.07 Å². The molecule has 0 aliphatic heterocycles. The maximum absolute atomic E-state index is 8.88. The number of anilines is 1. The van der Waals surface area contributed by atoms with E-state index >= 15 is 0 Å². The molecular weight excluding hydrogens is 200 g/mol. The van der Waals surface area contributed by atoms with Crippen LogP contribution >= 0.6 is 0 Å². The SMILES string of the molecule is CNc1cccc(Cn2cccc2C#N)n1. The highest BCUT2D eigenvalue weighted by Crippen LogP contribution is 2.08. The Kier molecular flexibility index (Phi) is 2.88. The number of nitrogens with zero attached hydrogens (tertiary/aromatic N) is 3. The van der Waals surface area contributed by atoms with Crippen LogP contribution in [-0.4, -0.2) is 16.6 Å². The van der Waals surface area contributed by atoms with Crippen molar-refractivity contribution in [2.45, 2.75) is 6.54 Å². The van der Waals surface area contributed by atoms with Crippen molar-refractivity contribution in [3.05, 3.63) is 47.9 Å². The van der Waals surface area contributed by atoms with E-state index in [1.807, 2.05) is 42.1 Å². The number of hydrogen-bond donors (Lipinski definition) is 1. The van der Waals surface area contributed by atoms with Crippen LogP contribution in [0.3, 0.4) is 0 Å². The first-order valence-electron chi connectivity index (χ1n) is 5.02. The summed E-state index contributed by atoms with van der Waals surface area (Å²) in [6.45, 7) is 0.616. The van der Waals surface area contributed by atoms with Crippen LogP contribution < -0.4 is 5.32 Å². The number of pyridine rings is 1. The molecule has 1 N–H and O–H groups in total. The van der Waals surface area contributed by atoms with Crippen LogP contribution in [0.25, 0.3) is 0 Å². The predicted octanol–water partition coefficient (Wildman–Crippen LogP) is 1.84. The van der Waals surface area contributed by atoms with Gasteiger partial charge in [0.2, 0.25) is 0 Å². The number of nitrogens with one attached hydrogen (secondary N) is 1. The van der Waals surface area contributed by atoms with Crippen molar-refractivity contribution in [2.75, 3.05) is 12.4 Å². The lowest BCUT2D eigenvalue weighted by Crippen LogP contribution is -2.04. The lowest BCUT2D eigenvalue weighted by molar-refractivity contribution is 0.770. The van der Waals surface area contributed by atoms with Gasteiger partial charge in [0.05, 0.1) is 12.2 Å². The highest BCUT2D eigenvalue weighted by Gasteiger charge is 2.01. The molecule has 80 valence electrons. The maximum atomic E-state index is 8.88. The Bertz CT molecular complexity index is 522. The molecule has 16 heavy (non-hydrogen) atoms. The average molecular weight is 212 g/mol. The standard InChI is InChI=1S/C12H12N4/c1-14-12-6-2-4-10(15-12)9-16-7-3-5-11(16)8-13/h2-7H,9H2,1H3,(H,14,15). The van der Waals surface area contributed by atoms with Gasteiger partial charge in [-0.25, -0.2) is 4.98 Å². The number of aromatic nitrogens is 2. The van der Waals surface area contributed by atoms with Crippen molar-refractivity contribution in [3.8, 4) is 6.07 Å². The second kappa shape index (κ2) is 4.49. The molecule has 0 aliphatic carbocycles. The summed E-state index contributed by atoms with van der Waals surface area (Å²) < 4.78 is 1.88. The summed E-state index contributed by atoms with van der Waals surface area (Å²) in [6.07, 6.45) is 1.88. The summed E-state index contributed by atoms with van der Waals surface area (Å²) in [5.74, 6) is 0.836. The van der Waals surface area contributed by atoms with Gasteiger partial charge in [0.25, 0.3) is 0 Å². The van der Waals surface area contributed by atoms with Crippen LogP contribution in [0.5, 0.6) is 0 Å². The first-order chi connectivity index (χ1) is 7.83. The fourth-order valence-electron chi connectivity index (χ4n) is 1.53. The summed E-state index contributed by atoms with van der Waals surface area (Å²) in [7, 11) is 1.84. The van der Waals surface area contributed by atoms with E-state index in [9.17, 15) is 0 Å². The summed E-state index contributed by atoms with van der Waals surface area (Å²) in [4.78, 5) is 4.40. The van der Waals surface area contributed by atoms with E-state index in [0.29, 0.717) is 12.2 Å². The van der Waals surface area contributed by atoms with E-state index in [-0.39, 0.29) is 0 Å². The van der Waals surface area contributed by atoms with Crippen molar-refractivity contribution < 1.29 is 0 Å². The van der Waals surface area contributed by atoms with Crippen LogP contribution in [0.4, 0.5) is 5.82 Å². The van der Waals surface area contributed by atoms with Gasteiger partial charge in [-0.05, 0) is 24.3 Å². The third-order valence-electron chi connectivity index (χ3n) is 2.34. The molecule has 0 amide bonds. The minimum absolute atomic E-state index is 0.616. The van der Waals surface area contributed by atoms with Crippen molar-refractivity contribution in [1.82, 2.24) is 9.55 Å². The molecule has 0 radical (unpaired) electrons. The van der Waals surface area contributed by atoms with E-state index in [4.69, 9.17) is 5.26 Å². The Hall–Kier alpha value is -2.28. The molecule has 0 saturated heterocycles. The fourth-order valence-corrected chi connectivity index (χ4v) is 1.53. The second-order valence-electron chi connectivity index (χ2n) is 3.40. The predicted molar refractivity (Wildman–Crippen MR) is 62.0 cm³/mol. The van der Waals surface area contributed by atoms with Crippen LogP contribution in [0.2, 0.25) is 0 Å². The monoisotopic (exact) mass is 212 g/mol. The molecule has 0 unspecified atom stereocenters. The zero-order valence-corrected chi connectivity index (χ0v) is 9.01. The zero-order chi connectivity index (χ0) is 11.4. The Labute approximate surface area is 94.2 Å². The fraction of sp³-hybridized carbons (Fsp3) is 0.167. The normalized spacial score (nSPS) is 9.75. The third-order valence-corrected chi connectivity index (χ3v) is 2.34. The van der Waals surface area contributed by atoms with Gasteiger partial charge in [-0.15, -0.1) is 0 Å². The molecule has 4 nitrogen and oxygen atoms in total. The Morgan fingerprint density at radius 2 is 2.25 bits per heavy atom. The first-order valence-corrected chi connectivity index (χ1v) is 5.02. The maximum Gasteiger partial charge on any atom is 0.126 e. The molecule has 2 heterocycles. The molecule has 2 aromatic heterocycles. The average Bonchev–Trinajstić information content (AvgIpc) is 2.76. The van der Waals surface area contributed by atoms with E-state index in [0.717, 1.165) is 11.5 Å². The minimum atomic E-state index is 0.616. The number of hydrogen-bond acceptors (Lipinski definition) is 3. The van der Waals surface area contributed by atoms with Crippen molar-refractivity contribution in [2.24, 2.45) is 0 Å². The van der Waals surface area contributed by atoms with E-state index in [1.54, 1.807) is 6.07 Å². The lowest BCUT2D eigenvalue weighted by Gasteiger charge is -2.06. The molecule has 0 aliphatic rings. The highest BCUT2D eigenvalue weighted by molar-refractivity contribution is 5.34. The summed E-state index contributed by atoms with van der Waals surface area (Å²) >= 11 is 0. The second-order valence-corrected chi connectivity index (χ2v) is 3.40. The molecule has 0 atom stereocenters. The number of rotatable bonds is 3. The molecule has 0 aromatic carbocycles. The molecular formula is C12H12N4. The van der Waals surface area contributed by atoms with Crippen LogP contribution in [0.1, 0.15) is 11.4 Å². The Morgan fingerprint density at radius 3 is 3.00 bits per heavy atom. The third kappa shape index (κ3) is 2.04. The van der Waals surface area contributed by atoms with Crippen molar-refractivity contribution in [3.63, 3.8) is 0 Å². The highest BCUT2D eigenvalue weighted by atomic mass is 15.0. The van der Waals surface area contributed by atoms with E-state index in [2.05, 4.69) is 16.4 Å². The van der Waals surface area contributed by atoms with Gasteiger partial charge in [-0.3, -0.25) is 0 Å². The minimum Gasteiger partial charge on any atom is -0.373 e. The van der Waals surface area contributed by atoms with Gasteiger partial charge in [0.1, 0.15) is 17.6 Å². The van der Waals surface area contributed by atoms with Crippen LogP contribution in [0.15, 0.2) is 36.5 Å². The topological polar surface area (TPSA) is 53.6 Å². The zero-order valence-electron chi connectivity index (χ0n) is 9.01. The molecule has 2 aromatic rings.